The Morgan fingerprint density at radius 1 is 1.33 bits per heavy atom. The zero-order chi connectivity index (χ0) is 15.2. The maximum Gasteiger partial charge on any atom is 0.335 e. The highest BCUT2D eigenvalue weighted by atomic mass is 127. The van der Waals surface area contributed by atoms with Crippen LogP contribution < -0.4 is 5.32 Å². The van der Waals surface area contributed by atoms with E-state index in [-0.39, 0.29) is 18.0 Å². The van der Waals surface area contributed by atoms with Crippen molar-refractivity contribution in [3.05, 3.63) is 63.0 Å². The topological polar surface area (TPSA) is 61.7 Å². The lowest BCUT2D eigenvalue weighted by molar-refractivity contribution is 0.0697. The van der Waals surface area contributed by atoms with E-state index in [0.29, 0.717) is 11.3 Å². The molecule has 2 N–H and O–H groups in total. The Balaban J connectivity index is 1.98. The summed E-state index contributed by atoms with van der Waals surface area (Å²) in [4.78, 5) is 14.9. The molecule has 0 aromatic heterocycles. The van der Waals surface area contributed by atoms with E-state index >= 15 is 0 Å². The Morgan fingerprint density at radius 3 is 2.90 bits per heavy atom. The van der Waals surface area contributed by atoms with Crippen molar-refractivity contribution in [3.63, 3.8) is 0 Å². The maximum atomic E-state index is 13.5. The minimum absolute atomic E-state index is 0.202. The van der Waals surface area contributed by atoms with E-state index in [9.17, 15) is 9.18 Å². The molecular formula is C15H12FIN2O2. The summed E-state index contributed by atoms with van der Waals surface area (Å²) >= 11 is 2.10. The predicted molar refractivity (Wildman–Crippen MR) is 88.6 cm³/mol. The maximum absolute atomic E-state index is 13.5. The second-order valence-corrected chi connectivity index (χ2v) is 5.44. The molecule has 6 heteroatoms. The van der Waals surface area contributed by atoms with E-state index < -0.39 is 5.97 Å². The van der Waals surface area contributed by atoms with Crippen LogP contribution >= 0.6 is 22.6 Å². The molecule has 4 nitrogen and oxygen atoms in total. The Bertz CT molecular complexity index is 689. The van der Waals surface area contributed by atoms with Crippen molar-refractivity contribution in [1.29, 1.82) is 0 Å². The molecule has 0 saturated carbocycles. The van der Waals surface area contributed by atoms with E-state index in [2.05, 4.69) is 32.9 Å². The normalized spacial score (nSPS) is 10.8. The molecule has 0 atom stereocenters. The molecule has 0 aliphatic heterocycles. The lowest BCUT2D eigenvalue weighted by Crippen LogP contribution is -2.02. The highest BCUT2D eigenvalue weighted by molar-refractivity contribution is 14.1. The van der Waals surface area contributed by atoms with Crippen LogP contribution in [0.5, 0.6) is 0 Å². The summed E-state index contributed by atoms with van der Waals surface area (Å²) < 4.78 is 14.4. The number of hydrogen-bond donors (Lipinski definition) is 2. The van der Waals surface area contributed by atoms with Crippen LogP contribution in [-0.2, 0) is 0 Å². The first-order valence-corrected chi connectivity index (χ1v) is 7.16. The van der Waals surface area contributed by atoms with Crippen molar-refractivity contribution >= 4 is 40.5 Å². The van der Waals surface area contributed by atoms with Crippen LogP contribution in [0.25, 0.3) is 0 Å². The summed E-state index contributed by atoms with van der Waals surface area (Å²) in [5.74, 6) is -1.31. The van der Waals surface area contributed by atoms with E-state index in [0.717, 1.165) is 3.57 Å². The van der Waals surface area contributed by atoms with Gasteiger partial charge in [0.15, 0.2) is 0 Å². The van der Waals surface area contributed by atoms with Gasteiger partial charge in [0.1, 0.15) is 12.5 Å². The van der Waals surface area contributed by atoms with Crippen LogP contribution in [0.15, 0.2) is 47.5 Å². The summed E-state index contributed by atoms with van der Waals surface area (Å²) in [6.45, 7) is 0.230. The highest BCUT2D eigenvalue weighted by Crippen LogP contribution is 2.12. The first-order valence-electron chi connectivity index (χ1n) is 6.08. The third-order valence-corrected chi connectivity index (χ3v) is 3.34. The van der Waals surface area contributed by atoms with Gasteiger partial charge in [-0.1, -0.05) is 6.07 Å². The number of halogens is 2. The fraction of sp³-hybridized carbons (Fsp3) is 0.0667. The minimum Gasteiger partial charge on any atom is -0.478 e. The van der Waals surface area contributed by atoms with Gasteiger partial charge in [0.25, 0.3) is 0 Å². The lowest BCUT2D eigenvalue weighted by Gasteiger charge is -2.04. The molecule has 2 rings (SSSR count). The van der Waals surface area contributed by atoms with Crippen molar-refractivity contribution in [3.8, 4) is 0 Å². The van der Waals surface area contributed by atoms with Crippen molar-refractivity contribution in [1.82, 2.24) is 0 Å². The molecule has 0 amide bonds. The average molecular weight is 398 g/mol. The summed E-state index contributed by atoms with van der Waals surface area (Å²) in [5.41, 5.74) is 1.27. The van der Waals surface area contributed by atoms with Crippen LogP contribution in [0, 0.1) is 9.39 Å². The van der Waals surface area contributed by atoms with Gasteiger partial charge >= 0.3 is 5.97 Å². The molecule has 2 aromatic rings. The van der Waals surface area contributed by atoms with Crippen LogP contribution in [0.3, 0.4) is 0 Å². The number of carbonyl (C=O) groups is 1. The molecule has 21 heavy (non-hydrogen) atoms. The molecule has 108 valence electrons. The number of rotatable bonds is 5. The SMILES string of the molecule is O=C(O)c1cccc(NCN=Cc2cc(I)ccc2F)c1. The standard InChI is InChI=1S/C15H12FIN2O2/c16-14-5-4-12(17)6-11(14)8-18-9-19-13-3-1-2-10(7-13)15(20)21/h1-8,19H,9H2,(H,20,21). The number of anilines is 1. The predicted octanol–water partition coefficient (Wildman–Crippen LogP) is 3.62. The Morgan fingerprint density at radius 2 is 2.14 bits per heavy atom. The Labute approximate surface area is 134 Å². The van der Waals surface area contributed by atoms with Gasteiger partial charge < -0.3 is 10.4 Å². The Hall–Kier alpha value is -1.96. The highest BCUT2D eigenvalue weighted by Gasteiger charge is 2.02. The zero-order valence-electron chi connectivity index (χ0n) is 10.9. The van der Waals surface area contributed by atoms with Crippen LogP contribution in [0.1, 0.15) is 15.9 Å². The van der Waals surface area contributed by atoms with Gasteiger partial charge in [-0.05, 0) is 59.0 Å². The monoisotopic (exact) mass is 398 g/mol. The molecule has 0 unspecified atom stereocenters. The molecule has 0 heterocycles. The summed E-state index contributed by atoms with van der Waals surface area (Å²) in [6.07, 6.45) is 1.45. The number of nitrogens with one attached hydrogen (secondary N) is 1. The minimum atomic E-state index is -0.983. The fourth-order valence-electron chi connectivity index (χ4n) is 1.66. The van der Waals surface area contributed by atoms with Crippen LogP contribution in [-0.4, -0.2) is 24.0 Å². The summed E-state index contributed by atoms with van der Waals surface area (Å²) in [7, 11) is 0. The molecular weight excluding hydrogens is 386 g/mol. The summed E-state index contributed by atoms with van der Waals surface area (Å²) in [6, 6.07) is 11.2. The first-order chi connectivity index (χ1) is 10.1. The Kier molecular flexibility index (Phi) is 5.26. The summed E-state index contributed by atoms with van der Waals surface area (Å²) in [5, 5.41) is 11.8. The van der Waals surface area contributed by atoms with Gasteiger partial charge in [0.05, 0.1) is 5.56 Å². The largest absolute Gasteiger partial charge is 0.478 e. The molecule has 0 bridgehead atoms. The van der Waals surface area contributed by atoms with Gasteiger partial charge in [0.2, 0.25) is 0 Å². The molecule has 0 fully saturated rings. The van der Waals surface area contributed by atoms with E-state index in [1.165, 1.54) is 24.4 Å². The second-order valence-electron chi connectivity index (χ2n) is 4.20. The average Bonchev–Trinajstić information content (AvgIpc) is 2.47. The van der Waals surface area contributed by atoms with Crippen molar-refractivity contribution in [2.24, 2.45) is 4.99 Å². The number of aromatic carboxylic acids is 1. The third-order valence-electron chi connectivity index (χ3n) is 2.67. The first kappa shape index (κ1) is 15.4. The number of aliphatic imine (C=N–C) groups is 1. The van der Waals surface area contributed by atoms with Crippen molar-refractivity contribution in [2.75, 3.05) is 12.0 Å². The number of carboxylic acid groups (broad SMARTS) is 1. The molecule has 2 aromatic carbocycles. The van der Waals surface area contributed by atoms with Gasteiger partial charge in [-0.2, -0.15) is 0 Å². The van der Waals surface area contributed by atoms with E-state index in [1.54, 1.807) is 24.3 Å². The number of nitrogens with zero attached hydrogens (tertiary/aromatic N) is 1. The fourth-order valence-corrected chi connectivity index (χ4v) is 2.17. The smallest absolute Gasteiger partial charge is 0.335 e. The molecule has 0 saturated heterocycles. The second kappa shape index (κ2) is 7.16. The quantitative estimate of drug-likeness (QED) is 0.598. The van der Waals surface area contributed by atoms with Gasteiger partial charge in [0, 0.05) is 21.0 Å². The lowest BCUT2D eigenvalue weighted by atomic mass is 10.2. The number of hydrogen-bond acceptors (Lipinski definition) is 3. The molecule has 0 aliphatic rings. The van der Waals surface area contributed by atoms with E-state index in [4.69, 9.17) is 5.11 Å². The van der Waals surface area contributed by atoms with Crippen molar-refractivity contribution < 1.29 is 14.3 Å². The van der Waals surface area contributed by atoms with Crippen LogP contribution in [0.4, 0.5) is 10.1 Å². The van der Waals surface area contributed by atoms with Gasteiger partial charge in [-0.15, -0.1) is 0 Å². The third kappa shape index (κ3) is 4.52. The van der Waals surface area contributed by atoms with Gasteiger partial charge in [-0.3, -0.25) is 4.99 Å². The van der Waals surface area contributed by atoms with Crippen molar-refractivity contribution in [2.45, 2.75) is 0 Å². The molecule has 0 spiro atoms. The molecule has 0 radical (unpaired) electrons. The zero-order valence-corrected chi connectivity index (χ0v) is 13.0. The van der Waals surface area contributed by atoms with Crippen LogP contribution in [0.2, 0.25) is 0 Å². The molecule has 0 aliphatic carbocycles. The van der Waals surface area contributed by atoms with E-state index in [1.807, 2.05) is 0 Å². The number of carboxylic acids is 1. The van der Waals surface area contributed by atoms with Gasteiger partial charge in [-0.25, -0.2) is 9.18 Å². The number of benzene rings is 2.